The summed E-state index contributed by atoms with van der Waals surface area (Å²) in [7, 11) is 5.13. The van der Waals surface area contributed by atoms with Gasteiger partial charge in [-0.2, -0.15) is 0 Å². The number of hydrogen-bond acceptors (Lipinski definition) is 10. The van der Waals surface area contributed by atoms with Gasteiger partial charge in [0.25, 0.3) is 0 Å². The fourth-order valence-corrected chi connectivity index (χ4v) is 3.26. The average Bonchev–Trinajstić information content (AvgIpc) is 2.88. The van der Waals surface area contributed by atoms with Gasteiger partial charge in [-0.15, -0.1) is 0 Å². The molecule has 182 valence electrons. The van der Waals surface area contributed by atoms with E-state index in [1.807, 2.05) is 30.3 Å². The summed E-state index contributed by atoms with van der Waals surface area (Å²) < 4.78 is 16.4. The summed E-state index contributed by atoms with van der Waals surface area (Å²) in [5.74, 6) is 1.91. The van der Waals surface area contributed by atoms with Crippen LogP contribution in [0.4, 0.5) is 5.82 Å². The van der Waals surface area contributed by atoms with Crippen LogP contribution in [0.3, 0.4) is 0 Å². The van der Waals surface area contributed by atoms with Gasteiger partial charge in [0.05, 0.1) is 18.9 Å². The van der Waals surface area contributed by atoms with Gasteiger partial charge in [0, 0.05) is 63.4 Å². The molecule has 0 aliphatic heterocycles. The van der Waals surface area contributed by atoms with Crippen molar-refractivity contribution < 1.29 is 19.3 Å². The van der Waals surface area contributed by atoms with Crippen molar-refractivity contribution in [2.75, 3.05) is 65.6 Å². The molecule has 1 aromatic carbocycles. The number of nitrogens with one attached hydrogen (secondary N) is 1. The summed E-state index contributed by atoms with van der Waals surface area (Å²) in [6, 6.07) is 9.43. The summed E-state index contributed by atoms with van der Waals surface area (Å²) in [5.41, 5.74) is 2.28. The topological polar surface area (TPSA) is 115 Å². The second-order valence-corrected chi connectivity index (χ2v) is 7.59. The number of aromatic nitrogens is 4. The molecule has 2 N–H and O–H groups in total. The van der Waals surface area contributed by atoms with Crippen LogP contribution in [0.5, 0.6) is 5.75 Å². The zero-order valence-electron chi connectivity index (χ0n) is 19.8. The maximum absolute atomic E-state index is 9.95. The third-order valence-corrected chi connectivity index (χ3v) is 5.00. The molecule has 2 aromatic heterocycles. The van der Waals surface area contributed by atoms with Gasteiger partial charge in [0.2, 0.25) is 0 Å². The highest BCUT2D eigenvalue weighted by Crippen LogP contribution is 2.27. The Morgan fingerprint density at radius 3 is 2.41 bits per heavy atom. The molecule has 34 heavy (non-hydrogen) atoms. The lowest BCUT2D eigenvalue weighted by atomic mass is 10.1. The molecule has 0 aliphatic rings. The predicted octanol–water partition coefficient (Wildman–Crippen LogP) is 1.66. The number of anilines is 1. The first-order chi connectivity index (χ1) is 16.6. The lowest BCUT2D eigenvalue weighted by molar-refractivity contribution is 0.108. The van der Waals surface area contributed by atoms with Crippen LogP contribution in [-0.2, 0) is 9.47 Å². The van der Waals surface area contributed by atoms with E-state index in [1.54, 1.807) is 33.7 Å². The van der Waals surface area contributed by atoms with Crippen LogP contribution >= 0.6 is 0 Å². The molecule has 10 heteroatoms. The fourth-order valence-electron chi connectivity index (χ4n) is 3.26. The molecular weight excluding hydrogens is 436 g/mol. The summed E-state index contributed by atoms with van der Waals surface area (Å²) in [5, 5.41) is 12.9. The number of nitrogens with zero attached hydrogens (tertiary/aromatic N) is 5. The summed E-state index contributed by atoms with van der Waals surface area (Å²) in [4.78, 5) is 20.0. The number of aliphatic hydroxyl groups excluding tert-OH is 1. The second kappa shape index (κ2) is 13.5. The fraction of sp³-hybridized carbons (Fsp3) is 0.417. The van der Waals surface area contributed by atoms with Gasteiger partial charge in [-0.3, -0.25) is 0 Å². The van der Waals surface area contributed by atoms with E-state index >= 15 is 0 Å². The molecule has 3 rings (SSSR count). The smallest absolute Gasteiger partial charge is 0.162 e. The molecule has 3 aromatic rings. The molecule has 10 nitrogen and oxygen atoms in total. The van der Waals surface area contributed by atoms with Gasteiger partial charge in [0.15, 0.2) is 5.82 Å². The van der Waals surface area contributed by atoms with Crippen molar-refractivity contribution in [1.29, 1.82) is 0 Å². The van der Waals surface area contributed by atoms with E-state index in [1.165, 1.54) is 6.33 Å². The monoisotopic (exact) mass is 468 g/mol. The van der Waals surface area contributed by atoms with Crippen LogP contribution in [0, 0.1) is 0 Å². The molecule has 0 amide bonds. The minimum Gasteiger partial charge on any atom is -0.491 e. The standard InChI is InChI=1S/C24H32N6O4/c1-25-15-20(31)16-34-21-6-4-5-18(11-21)24-28-22(19-13-26-17-27-14-19)12-23(29-24)30(7-9-32-2)8-10-33-3/h4-6,11-14,17,20,25,31H,7-10,15-16H2,1-3H3. The molecule has 2 heterocycles. The minimum absolute atomic E-state index is 0.180. The molecule has 0 fully saturated rings. The van der Waals surface area contributed by atoms with Crippen LogP contribution in [0.2, 0.25) is 0 Å². The first kappa shape index (κ1) is 25.4. The Morgan fingerprint density at radius 1 is 1.00 bits per heavy atom. The summed E-state index contributed by atoms with van der Waals surface area (Å²) in [6.45, 7) is 3.02. The van der Waals surface area contributed by atoms with E-state index in [2.05, 4.69) is 20.2 Å². The molecule has 1 unspecified atom stereocenters. The Bertz CT molecular complexity index is 1000. The Balaban J connectivity index is 1.97. The van der Waals surface area contributed by atoms with Gasteiger partial charge in [0.1, 0.15) is 30.6 Å². The van der Waals surface area contributed by atoms with Crippen molar-refractivity contribution in [1.82, 2.24) is 25.3 Å². The van der Waals surface area contributed by atoms with Gasteiger partial charge < -0.3 is 29.5 Å². The van der Waals surface area contributed by atoms with Crippen LogP contribution in [0.1, 0.15) is 0 Å². The van der Waals surface area contributed by atoms with Crippen molar-refractivity contribution in [2.45, 2.75) is 6.10 Å². The number of likely N-dealkylation sites (N-methyl/N-ethyl adjacent to an activating group) is 1. The number of rotatable bonds is 14. The highest BCUT2D eigenvalue weighted by atomic mass is 16.5. The lowest BCUT2D eigenvalue weighted by Gasteiger charge is -2.24. The number of hydrogen-bond donors (Lipinski definition) is 2. The Morgan fingerprint density at radius 2 is 1.74 bits per heavy atom. The zero-order valence-corrected chi connectivity index (χ0v) is 19.8. The van der Waals surface area contributed by atoms with E-state index in [4.69, 9.17) is 24.2 Å². The minimum atomic E-state index is -0.604. The predicted molar refractivity (Wildman–Crippen MR) is 130 cm³/mol. The quantitative estimate of drug-likeness (QED) is 0.362. The largest absolute Gasteiger partial charge is 0.491 e. The first-order valence-corrected chi connectivity index (χ1v) is 11.1. The second-order valence-electron chi connectivity index (χ2n) is 7.59. The molecule has 0 spiro atoms. The van der Waals surface area contributed by atoms with E-state index in [0.29, 0.717) is 50.1 Å². The van der Waals surface area contributed by atoms with E-state index < -0.39 is 6.10 Å². The highest BCUT2D eigenvalue weighted by molar-refractivity contribution is 5.67. The van der Waals surface area contributed by atoms with E-state index in [9.17, 15) is 5.11 Å². The van der Waals surface area contributed by atoms with Crippen LogP contribution in [-0.4, -0.2) is 91.9 Å². The average molecular weight is 469 g/mol. The van der Waals surface area contributed by atoms with Gasteiger partial charge in [-0.1, -0.05) is 12.1 Å². The van der Waals surface area contributed by atoms with Crippen LogP contribution in [0.15, 0.2) is 49.1 Å². The lowest BCUT2D eigenvalue weighted by Crippen LogP contribution is -2.31. The third kappa shape index (κ3) is 7.42. The molecule has 0 saturated carbocycles. The van der Waals surface area contributed by atoms with Gasteiger partial charge in [-0.05, 0) is 19.2 Å². The Labute approximate surface area is 200 Å². The summed E-state index contributed by atoms with van der Waals surface area (Å²) in [6.07, 6.45) is 4.33. The SMILES string of the molecule is CNCC(O)COc1cccc(-c2nc(-c3cncnc3)cc(N(CCOC)CCOC)n2)c1. The normalized spacial score (nSPS) is 11.9. The zero-order chi connectivity index (χ0) is 24.2. The molecular formula is C24H32N6O4. The van der Waals surface area contributed by atoms with Crippen molar-refractivity contribution in [3.8, 4) is 28.4 Å². The Hall–Kier alpha value is -3.18. The van der Waals surface area contributed by atoms with Crippen molar-refractivity contribution in [2.24, 2.45) is 0 Å². The molecule has 0 bridgehead atoms. The van der Waals surface area contributed by atoms with Gasteiger partial charge >= 0.3 is 0 Å². The van der Waals surface area contributed by atoms with Crippen molar-refractivity contribution in [3.63, 3.8) is 0 Å². The van der Waals surface area contributed by atoms with Gasteiger partial charge in [-0.25, -0.2) is 19.9 Å². The first-order valence-electron chi connectivity index (χ1n) is 11.1. The maximum Gasteiger partial charge on any atom is 0.162 e. The Kier molecular flexibility index (Phi) is 10.1. The summed E-state index contributed by atoms with van der Waals surface area (Å²) >= 11 is 0. The number of methoxy groups -OCH3 is 2. The van der Waals surface area contributed by atoms with E-state index in [0.717, 1.165) is 16.9 Å². The number of aliphatic hydroxyl groups is 1. The maximum atomic E-state index is 9.95. The van der Waals surface area contributed by atoms with Crippen molar-refractivity contribution in [3.05, 3.63) is 49.1 Å². The molecule has 1 atom stereocenters. The van der Waals surface area contributed by atoms with Crippen LogP contribution in [0.25, 0.3) is 22.6 Å². The third-order valence-electron chi connectivity index (χ3n) is 5.00. The van der Waals surface area contributed by atoms with Crippen molar-refractivity contribution >= 4 is 5.82 Å². The van der Waals surface area contributed by atoms with Crippen LogP contribution < -0.4 is 15.0 Å². The number of benzene rings is 1. The molecule has 0 aliphatic carbocycles. The highest BCUT2D eigenvalue weighted by Gasteiger charge is 2.15. The molecule has 0 saturated heterocycles. The van der Waals surface area contributed by atoms with E-state index in [-0.39, 0.29) is 6.61 Å². The number of ether oxygens (including phenoxy) is 3. The molecule has 0 radical (unpaired) electrons.